The number of methoxy groups -OCH3 is 1. The zero-order valence-corrected chi connectivity index (χ0v) is 24.0. The highest BCUT2D eigenvalue weighted by atomic mass is 16.5. The Morgan fingerprint density at radius 1 is 1.08 bits per heavy atom. The standard InChI is InChI=1S/C31H41N5O3/c1-23(2)29(37)35(20-19-33-18-16-32-22-33)36-21-28(25-9-11-26(12-10-25)31(3,4)5)34(30(36)38)17-15-24-7-13-27(39-6)14-8-24/h7-14,16,18,22-23,28H,15,17,19-21H2,1-6H3. The lowest BCUT2D eigenvalue weighted by atomic mass is 9.86. The Balaban J connectivity index is 1.62. The smallest absolute Gasteiger partial charge is 0.339 e. The summed E-state index contributed by atoms with van der Waals surface area (Å²) in [6, 6.07) is 16.2. The van der Waals surface area contributed by atoms with Crippen LogP contribution in [0.2, 0.25) is 0 Å². The molecule has 0 bridgehead atoms. The number of aromatic nitrogens is 2. The van der Waals surface area contributed by atoms with Crippen LogP contribution >= 0.6 is 0 Å². The average molecular weight is 532 g/mol. The topological polar surface area (TPSA) is 70.9 Å². The maximum absolute atomic E-state index is 14.0. The first-order valence-corrected chi connectivity index (χ1v) is 13.7. The van der Waals surface area contributed by atoms with E-state index in [1.807, 2.05) is 53.8 Å². The molecule has 1 aliphatic rings. The number of carbonyl (C=O) groups is 2. The molecule has 1 aromatic heterocycles. The van der Waals surface area contributed by atoms with Crippen molar-refractivity contribution in [3.63, 3.8) is 0 Å². The number of carbonyl (C=O) groups excluding carboxylic acids is 2. The van der Waals surface area contributed by atoms with Gasteiger partial charge < -0.3 is 14.2 Å². The Morgan fingerprint density at radius 2 is 1.77 bits per heavy atom. The highest BCUT2D eigenvalue weighted by molar-refractivity contribution is 5.84. The molecule has 1 saturated heterocycles. The SMILES string of the molecule is COc1ccc(CCN2C(=O)N(N(CCn3ccnc3)C(=O)C(C)C)CC2c2ccc(C(C)(C)C)cc2)cc1. The summed E-state index contributed by atoms with van der Waals surface area (Å²) in [7, 11) is 1.65. The van der Waals surface area contributed by atoms with Gasteiger partial charge in [0.1, 0.15) is 5.75 Å². The molecule has 1 fully saturated rings. The van der Waals surface area contributed by atoms with Crippen LogP contribution in [-0.2, 0) is 23.2 Å². The first kappa shape index (κ1) is 28.2. The fraction of sp³-hybridized carbons (Fsp3) is 0.452. The molecule has 3 amide bonds. The van der Waals surface area contributed by atoms with Crippen LogP contribution in [0.3, 0.4) is 0 Å². The van der Waals surface area contributed by atoms with Crippen LogP contribution in [0.25, 0.3) is 0 Å². The van der Waals surface area contributed by atoms with E-state index < -0.39 is 0 Å². The molecular weight excluding hydrogens is 490 g/mol. The molecule has 0 saturated carbocycles. The van der Waals surface area contributed by atoms with Gasteiger partial charge in [-0.1, -0.05) is 71.0 Å². The summed E-state index contributed by atoms with van der Waals surface area (Å²) in [5.74, 6) is 0.500. The first-order valence-electron chi connectivity index (χ1n) is 13.7. The number of hydrogen-bond acceptors (Lipinski definition) is 4. The predicted octanol–water partition coefficient (Wildman–Crippen LogP) is 5.31. The summed E-state index contributed by atoms with van der Waals surface area (Å²) in [4.78, 5) is 33.4. The van der Waals surface area contributed by atoms with Crippen LogP contribution in [0, 0.1) is 5.92 Å². The van der Waals surface area contributed by atoms with Crippen molar-refractivity contribution < 1.29 is 14.3 Å². The lowest BCUT2D eigenvalue weighted by Crippen LogP contribution is -2.51. The molecule has 8 heteroatoms. The fourth-order valence-corrected chi connectivity index (χ4v) is 4.88. The fourth-order valence-electron chi connectivity index (χ4n) is 4.88. The van der Waals surface area contributed by atoms with Crippen LogP contribution in [0.1, 0.15) is 57.4 Å². The van der Waals surface area contributed by atoms with Gasteiger partial charge in [0, 0.05) is 31.4 Å². The molecule has 1 unspecified atom stereocenters. The number of amides is 3. The van der Waals surface area contributed by atoms with E-state index in [0.717, 1.165) is 16.9 Å². The van der Waals surface area contributed by atoms with E-state index in [4.69, 9.17) is 4.74 Å². The number of rotatable bonds is 10. The van der Waals surface area contributed by atoms with E-state index in [9.17, 15) is 9.59 Å². The van der Waals surface area contributed by atoms with E-state index in [-0.39, 0.29) is 29.3 Å². The van der Waals surface area contributed by atoms with Gasteiger partial charge >= 0.3 is 6.03 Å². The van der Waals surface area contributed by atoms with Crippen molar-refractivity contribution in [1.82, 2.24) is 24.5 Å². The van der Waals surface area contributed by atoms with Gasteiger partial charge in [0.15, 0.2) is 0 Å². The summed E-state index contributed by atoms with van der Waals surface area (Å²) >= 11 is 0. The van der Waals surface area contributed by atoms with Crippen LogP contribution in [-0.4, -0.2) is 63.2 Å². The number of nitrogens with zero attached hydrogens (tertiary/aromatic N) is 5. The molecule has 2 aromatic carbocycles. The van der Waals surface area contributed by atoms with Gasteiger partial charge in [0.25, 0.3) is 0 Å². The van der Waals surface area contributed by atoms with Crippen molar-refractivity contribution in [2.24, 2.45) is 5.92 Å². The van der Waals surface area contributed by atoms with Crippen molar-refractivity contribution in [2.45, 2.75) is 59.0 Å². The first-order chi connectivity index (χ1) is 18.6. The lowest BCUT2D eigenvalue weighted by Gasteiger charge is -2.32. The Labute approximate surface area is 232 Å². The molecule has 0 radical (unpaired) electrons. The highest BCUT2D eigenvalue weighted by Crippen LogP contribution is 2.33. The van der Waals surface area contributed by atoms with Gasteiger partial charge in [-0.25, -0.2) is 19.8 Å². The molecular formula is C31H41N5O3. The summed E-state index contributed by atoms with van der Waals surface area (Å²) in [5.41, 5.74) is 3.48. The molecule has 0 aliphatic carbocycles. The number of ether oxygens (including phenoxy) is 1. The third-order valence-electron chi connectivity index (χ3n) is 7.32. The average Bonchev–Trinajstić information content (AvgIpc) is 3.55. The van der Waals surface area contributed by atoms with Crippen molar-refractivity contribution in [2.75, 3.05) is 26.7 Å². The summed E-state index contributed by atoms with van der Waals surface area (Å²) in [5, 5.41) is 3.28. The number of urea groups is 1. The normalized spacial score (nSPS) is 15.8. The maximum atomic E-state index is 14.0. The van der Waals surface area contributed by atoms with E-state index in [2.05, 4.69) is 50.0 Å². The van der Waals surface area contributed by atoms with Gasteiger partial charge in [-0.05, 0) is 40.7 Å². The molecule has 1 atom stereocenters. The largest absolute Gasteiger partial charge is 0.497 e. The summed E-state index contributed by atoms with van der Waals surface area (Å²) < 4.78 is 7.21. The zero-order valence-electron chi connectivity index (χ0n) is 24.0. The molecule has 2 heterocycles. The lowest BCUT2D eigenvalue weighted by molar-refractivity contribution is -0.147. The Kier molecular flexibility index (Phi) is 8.63. The number of hydrazine groups is 1. The number of imidazole rings is 1. The Morgan fingerprint density at radius 3 is 2.33 bits per heavy atom. The predicted molar refractivity (Wildman–Crippen MR) is 152 cm³/mol. The Hall–Kier alpha value is -3.81. The van der Waals surface area contributed by atoms with Crippen molar-refractivity contribution in [3.05, 3.63) is 83.9 Å². The maximum Gasteiger partial charge on any atom is 0.339 e. The van der Waals surface area contributed by atoms with Crippen molar-refractivity contribution >= 4 is 11.9 Å². The van der Waals surface area contributed by atoms with E-state index in [1.165, 1.54) is 5.56 Å². The second-order valence-corrected chi connectivity index (χ2v) is 11.5. The minimum Gasteiger partial charge on any atom is -0.497 e. The van der Waals surface area contributed by atoms with Crippen molar-refractivity contribution in [1.29, 1.82) is 0 Å². The van der Waals surface area contributed by atoms with Crippen LogP contribution < -0.4 is 4.74 Å². The Bertz CT molecular complexity index is 1230. The molecule has 3 aromatic rings. The minimum atomic E-state index is -0.238. The van der Waals surface area contributed by atoms with Gasteiger partial charge in [-0.3, -0.25) is 4.79 Å². The number of hydrogen-bond donors (Lipinski definition) is 0. The third kappa shape index (κ3) is 6.61. The summed E-state index contributed by atoms with van der Waals surface area (Å²) in [6.07, 6.45) is 6.01. The van der Waals surface area contributed by atoms with Gasteiger partial charge in [0.05, 0.1) is 32.6 Å². The molecule has 208 valence electrons. The molecule has 1 aliphatic heterocycles. The van der Waals surface area contributed by atoms with E-state index in [0.29, 0.717) is 32.6 Å². The van der Waals surface area contributed by atoms with Gasteiger partial charge in [-0.15, -0.1) is 0 Å². The molecule has 39 heavy (non-hydrogen) atoms. The van der Waals surface area contributed by atoms with Crippen LogP contribution in [0.15, 0.2) is 67.3 Å². The van der Waals surface area contributed by atoms with E-state index in [1.54, 1.807) is 29.7 Å². The minimum absolute atomic E-state index is 0.0396. The highest BCUT2D eigenvalue weighted by Gasteiger charge is 2.42. The van der Waals surface area contributed by atoms with E-state index >= 15 is 0 Å². The second-order valence-electron chi connectivity index (χ2n) is 11.5. The molecule has 8 nitrogen and oxygen atoms in total. The van der Waals surface area contributed by atoms with Gasteiger partial charge in [-0.2, -0.15) is 0 Å². The zero-order chi connectivity index (χ0) is 28.2. The third-order valence-corrected chi connectivity index (χ3v) is 7.32. The molecule has 0 N–H and O–H groups in total. The van der Waals surface area contributed by atoms with Gasteiger partial charge in [0.2, 0.25) is 5.91 Å². The quantitative estimate of drug-likeness (QED) is 0.356. The molecule has 0 spiro atoms. The van der Waals surface area contributed by atoms with Crippen LogP contribution in [0.4, 0.5) is 4.79 Å². The monoisotopic (exact) mass is 531 g/mol. The van der Waals surface area contributed by atoms with Crippen LogP contribution in [0.5, 0.6) is 5.75 Å². The second kappa shape index (κ2) is 11.9. The summed E-state index contributed by atoms with van der Waals surface area (Å²) in [6.45, 7) is 12.2. The number of benzene rings is 2. The molecule has 4 rings (SSSR count). The van der Waals surface area contributed by atoms with Crippen molar-refractivity contribution in [3.8, 4) is 5.75 Å².